The van der Waals surface area contributed by atoms with E-state index in [2.05, 4.69) is 16.7 Å². The number of benzene rings is 1. The summed E-state index contributed by atoms with van der Waals surface area (Å²) in [6.45, 7) is 0.512. The van der Waals surface area contributed by atoms with Gasteiger partial charge in [-0.25, -0.2) is 0 Å². The number of nitriles is 1. The highest BCUT2D eigenvalue weighted by atomic mass is 16.5. The van der Waals surface area contributed by atoms with Crippen LogP contribution in [0.3, 0.4) is 0 Å². The van der Waals surface area contributed by atoms with Gasteiger partial charge in [-0.3, -0.25) is 4.79 Å². The van der Waals surface area contributed by atoms with E-state index in [1.165, 1.54) is 0 Å². The molecular formula is C12H13N3O2. The Morgan fingerprint density at radius 3 is 3.06 bits per heavy atom. The van der Waals surface area contributed by atoms with Crippen molar-refractivity contribution in [3.8, 4) is 6.07 Å². The summed E-state index contributed by atoms with van der Waals surface area (Å²) in [5.41, 5.74) is 1.81. The molecule has 1 amide bonds. The Hall–Kier alpha value is -2.06. The maximum Gasteiger partial charge on any atom is 0.247 e. The topological polar surface area (TPSA) is 74.2 Å². The monoisotopic (exact) mass is 231 g/mol. The average molecular weight is 231 g/mol. The van der Waals surface area contributed by atoms with Crippen LogP contribution in [0.2, 0.25) is 0 Å². The molecule has 0 spiro atoms. The number of carbonyl (C=O) groups excluding carboxylic acids is 1. The molecule has 0 saturated carbocycles. The Balaban J connectivity index is 2.24. The minimum absolute atomic E-state index is 0.128. The predicted octanol–water partition coefficient (Wildman–Crippen LogP) is 1.33. The van der Waals surface area contributed by atoms with Gasteiger partial charge in [0.2, 0.25) is 5.91 Å². The number of hydrogen-bond acceptors (Lipinski definition) is 4. The summed E-state index contributed by atoms with van der Waals surface area (Å²) in [6.07, 6.45) is 0.596. The third-order valence-electron chi connectivity index (χ3n) is 2.69. The van der Waals surface area contributed by atoms with Crippen molar-refractivity contribution in [1.82, 2.24) is 0 Å². The molecule has 1 unspecified atom stereocenters. The lowest BCUT2D eigenvalue weighted by Gasteiger charge is -2.27. The minimum atomic E-state index is -0.309. The Morgan fingerprint density at radius 2 is 2.35 bits per heavy atom. The number of hydrogen-bond donors (Lipinski definition) is 2. The van der Waals surface area contributed by atoms with E-state index in [0.29, 0.717) is 24.3 Å². The first-order chi connectivity index (χ1) is 8.26. The van der Waals surface area contributed by atoms with Gasteiger partial charge >= 0.3 is 0 Å². The molecule has 1 heterocycles. The van der Waals surface area contributed by atoms with Gasteiger partial charge < -0.3 is 15.4 Å². The van der Waals surface area contributed by atoms with Gasteiger partial charge in [0, 0.05) is 13.7 Å². The SMILES string of the molecule is COCCC1Nc2cccc(C#N)c2NC1=O. The van der Waals surface area contributed by atoms with Gasteiger partial charge in [-0.1, -0.05) is 6.07 Å². The molecule has 0 saturated heterocycles. The number of para-hydroxylation sites is 1. The van der Waals surface area contributed by atoms with Crippen LogP contribution in [0, 0.1) is 11.3 Å². The second-order valence-corrected chi connectivity index (χ2v) is 3.81. The molecule has 5 heteroatoms. The fraction of sp³-hybridized carbons (Fsp3) is 0.333. The maximum atomic E-state index is 11.8. The van der Waals surface area contributed by atoms with E-state index in [9.17, 15) is 4.79 Å². The molecule has 0 aromatic heterocycles. The van der Waals surface area contributed by atoms with Gasteiger partial charge in [0.25, 0.3) is 0 Å². The molecule has 17 heavy (non-hydrogen) atoms. The van der Waals surface area contributed by atoms with Gasteiger partial charge in [-0.15, -0.1) is 0 Å². The Labute approximate surface area is 99.4 Å². The second kappa shape index (κ2) is 4.85. The number of fused-ring (bicyclic) bond motifs is 1. The maximum absolute atomic E-state index is 11.8. The molecule has 1 aliphatic rings. The molecule has 1 aromatic carbocycles. The van der Waals surface area contributed by atoms with E-state index in [4.69, 9.17) is 10.00 Å². The van der Waals surface area contributed by atoms with Gasteiger partial charge in [-0.2, -0.15) is 5.26 Å². The summed E-state index contributed by atoms with van der Waals surface area (Å²) in [5.74, 6) is -0.128. The number of rotatable bonds is 3. The molecule has 0 fully saturated rings. The van der Waals surface area contributed by atoms with E-state index in [-0.39, 0.29) is 11.9 Å². The van der Waals surface area contributed by atoms with Crippen LogP contribution < -0.4 is 10.6 Å². The van der Waals surface area contributed by atoms with Crippen LogP contribution >= 0.6 is 0 Å². The van der Waals surface area contributed by atoms with Crippen molar-refractivity contribution in [2.75, 3.05) is 24.4 Å². The number of amides is 1. The normalized spacial score (nSPS) is 17.6. The number of anilines is 2. The van der Waals surface area contributed by atoms with E-state index >= 15 is 0 Å². The van der Waals surface area contributed by atoms with E-state index < -0.39 is 0 Å². The fourth-order valence-corrected chi connectivity index (χ4v) is 1.80. The average Bonchev–Trinajstić information content (AvgIpc) is 2.35. The third-order valence-corrected chi connectivity index (χ3v) is 2.69. The quantitative estimate of drug-likeness (QED) is 0.823. The molecule has 0 bridgehead atoms. The van der Waals surface area contributed by atoms with Crippen LogP contribution in [0.4, 0.5) is 11.4 Å². The summed E-state index contributed by atoms with van der Waals surface area (Å²) in [4.78, 5) is 11.8. The Morgan fingerprint density at radius 1 is 1.53 bits per heavy atom. The summed E-state index contributed by atoms with van der Waals surface area (Å²) >= 11 is 0. The Bertz CT molecular complexity index is 479. The molecule has 1 aromatic rings. The lowest BCUT2D eigenvalue weighted by atomic mass is 10.1. The van der Waals surface area contributed by atoms with Crippen molar-refractivity contribution in [1.29, 1.82) is 5.26 Å². The van der Waals surface area contributed by atoms with Crippen molar-refractivity contribution in [3.05, 3.63) is 23.8 Å². The molecule has 2 rings (SSSR count). The number of ether oxygens (including phenoxy) is 1. The van der Waals surface area contributed by atoms with Gasteiger partial charge in [0.05, 0.1) is 16.9 Å². The first-order valence-corrected chi connectivity index (χ1v) is 5.35. The van der Waals surface area contributed by atoms with Crippen LogP contribution in [0.15, 0.2) is 18.2 Å². The first-order valence-electron chi connectivity index (χ1n) is 5.35. The van der Waals surface area contributed by atoms with Crippen molar-refractivity contribution in [2.45, 2.75) is 12.5 Å². The number of nitrogens with zero attached hydrogens (tertiary/aromatic N) is 1. The van der Waals surface area contributed by atoms with Crippen LogP contribution in [0.5, 0.6) is 0 Å². The van der Waals surface area contributed by atoms with Crippen LogP contribution in [0.25, 0.3) is 0 Å². The van der Waals surface area contributed by atoms with Gasteiger partial charge in [-0.05, 0) is 18.6 Å². The largest absolute Gasteiger partial charge is 0.385 e. The molecule has 1 atom stereocenters. The smallest absolute Gasteiger partial charge is 0.247 e. The highest BCUT2D eigenvalue weighted by molar-refractivity contribution is 6.04. The standard InChI is InChI=1S/C12H13N3O2/c1-17-6-5-10-12(16)15-11-8(7-13)3-2-4-9(11)14-10/h2-4,10,14H,5-6H2,1H3,(H,15,16). The molecule has 0 radical (unpaired) electrons. The lowest BCUT2D eigenvalue weighted by Crippen LogP contribution is -2.39. The van der Waals surface area contributed by atoms with Crippen molar-refractivity contribution in [3.63, 3.8) is 0 Å². The predicted molar refractivity (Wildman–Crippen MR) is 63.7 cm³/mol. The second-order valence-electron chi connectivity index (χ2n) is 3.81. The third kappa shape index (κ3) is 2.22. The highest BCUT2D eigenvalue weighted by Gasteiger charge is 2.26. The van der Waals surface area contributed by atoms with Gasteiger partial charge in [0.1, 0.15) is 12.1 Å². The lowest BCUT2D eigenvalue weighted by molar-refractivity contribution is -0.117. The summed E-state index contributed by atoms with van der Waals surface area (Å²) in [5, 5.41) is 14.8. The summed E-state index contributed by atoms with van der Waals surface area (Å²) in [7, 11) is 1.60. The fourth-order valence-electron chi connectivity index (χ4n) is 1.80. The van der Waals surface area contributed by atoms with Crippen LogP contribution in [-0.4, -0.2) is 25.7 Å². The van der Waals surface area contributed by atoms with Crippen molar-refractivity contribution < 1.29 is 9.53 Å². The number of nitrogens with one attached hydrogen (secondary N) is 2. The van der Waals surface area contributed by atoms with E-state index in [1.807, 2.05) is 6.07 Å². The Kier molecular flexibility index (Phi) is 3.26. The van der Waals surface area contributed by atoms with Crippen LogP contribution in [-0.2, 0) is 9.53 Å². The van der Waals surface area contributed by atoms with Gasteiger partial charge in [0.15, 0.2) is 0 Å². The zero-order valence-electron chi connectivity index (χ0n) is 9.49. The van der Waals surface area contributed by atoms with Crippen molar-refractivity contribution in [2.24, 2.45) is 0 Å². The van der Waals surface area contributed by atoms with E-state index in [1.54, 1.807) is 19.2 Å². The molecule has 1 aliphatic heterocycles. The van der Waals surface area contributed by atoms with Crippen molar-refractivity contribution >= 4 is 17.3 Å². The summed E-state index contributed by atoms with van der Waals surface area (Å²) in [6, 6.07) is 7.05. The highest BCUT2D eigenvalue weighted by Crippen LogP contribution is 2.30. The molecule has 5 nitrogen and oxygen atoms in total. The molecule has 2 N–H and O–H groups in total. The van der Waals surface area contributed by atoms with E-state index in [0.717, 1.165) is 5.69 Å². The number of carbonyl (C=O) groups is 1. The summed E-state index contributed by atoms with van der Waals surface area (Å²) < 4.78 is 4.95. The minimum Gasteiger partial charge on any atom is -0.385 e. The first kappa shape index (κ1) is 11.4. The van der Waals surface area contributed by atoms with Crippen LogP contribution in [0.1, 0.15) is 12.0 Å². The molecule has 88 valence electrons. The number of methoxy groups -OCH3 is 1. The zero-order chi connectivity index (χ0) is 12.3. The molecular weight excluding hydrogens is 218 g/mol. The zero-order valence-corrected chi connectivity index (χ0v) is 9.49. The molecule has 0 aliphatic carbocycles.